The molecule has 1 unspecified atom stereocenters. The van der Waals surface area contributed by atoms with E-state index in [0.717, 1.165) is 5.56 Å². The fourth-order valence-corrected chi connectivity index (χ4v) is 3.75. The van der Waals surface area contributed by atoms with Gasteiger partial charge in [-0.1, -0.05) is 30.5 Å². The molecule has 1 rings (SSSR count). The van der Waals surface area contributed by atoms with Gasteiger partial charge in [0.2, 0.25) is 10.0 Å². The summed E-state index contributed by atoms with van der Waals surface area (Å²) in [6, 6.07) is 6.52. The van der Waals surface area contributed by atoms with Crippen LogP contribution in [-0.4, -0.2) is 48.7 Å². The Kier molecular flexibility index (Phi) is 9.41. The van der Waals surface area contributed by atoms with Crippen molar-refractivity contribution in [1.82, 2.24) is 4.72 Å². The molecule has 0 aliphatic rings. The molecule has 0 bridgehead atoms. The van der Waals surface area contributed by atoms with Gasteiger partial charge in [-0.3, -0.25) is 4.79 Å². The van der Waals surface area contributed by atoms with Gasteiger partial charge in [0.05, 0.1) is 4.90 Å². The highest BCUT2D eigenvalue weighted by Crippen LogP contribution is 2.20. The quantitative estimate of drug-likeness (QED) is 0.243. The van der Waals surface area contributed by atoms with Gasteiger partial charge in [-0.25, -0.2) is 13.1 Å². The van der Waals surface area contributed by atoms with E-state index < -0.39 is 28.6 Å². The zero-order valence-electron chi connectivity index (χ0n) is 15.6. The number of unbranched alkanes of at least 4 members (excludes halogenated alkanes) is 2. The molecule has 27 heavy (non-hydrogen) atoms. The number of carboxylic acids is 1. The van der Waals surface area contributed by atoms with Crippen LogP contribution in [0.25, 0.3) is 0 Å². The molecular weight excluding hydrogens is 371 g/mol. The molecule has 0 radical (unpaired) electrons. The maximum atomic E-state index is 12.2. The zero-order valence-corrected chi connectivity index (χ0v) is 16.4. The molecule has 8 nitrogen and oxygen atoms in total. The van der Waals surface area contributed by atoms with E-state index in [1.807, 2.05) is 6.92 Å². The van der Waals surface area contributed by atoms with E-state index in [4.69, 9.17) is 15.8 Å². The average molecular weight is 400 g/mol. The second-order valence-corrected chi connectivity index (χ2v) is 8.62. The van der Waals surface area contributed by atoms with E-state index in [0.29, 0.717) is 25.7 Å². The molecule has 0 saturated carbocycles. The van der Waals surface area contributed by atoms with Crippen molar-refractivity contribution in [2.45, 2.75) is 62.2 Å². The maximum Gasteiger partial charge on any atom is 0.451 e. The van der Waals surface area contributed by atoms with Crippen molar-refractivity contribution >= 4 is 23.1 Å². The molecule has 1 aromatic carbocycles. The summed E-state index contributed by atoms with van der Waals surface area (Å²) in [5, 5.41) is 27.0. The predicted molar refractivity (Wildman–Crippen MR) is 104 cm³/mol. The third-order valence-corrected chi connectivity index (χ3v) is 5.91. The van der Waals surface area contributed by atoms with Crippen molar-refractivity contribution in [2.75, 3.05) is 6.54 Å². The lowest BCUT2D eigenvalue weighted by molar-refractivity contribution is -0.144. The predicted octanol–water partition coefficient (Wildman–Crippen LogP) is 0.869. The Morgan fingerprint density at radius 1 is 1.11 bits per heavy atom. The van der Waals surface area contributed by atoms with Crippen LogP contribution < -0.4 is 10.5 Å². The fourth-order valence-electron chi connectivity index (χ4n) is 2.68. The molecule has 152 valence electrons. The smallest absolute Gasteiger partial charge is 0.451 e. The van der Waals surface area contributed by atoms with Gasteiger partial charge in [-0.05, 0) is 51.1 Å². The minimum Gasteiger partial charge on any atom is -0.480 e. The number of aliphatic carboxylic acids is 1. The number of benzene rings is 1. The number of nitrogens with two attached hydrogens (primary N) is 1. The molecule has 1 atom stereocenters. The Hall–Kier alpha value is -1.46. The first-order valence-corrected chi connectivity index (χ1v) is 10.5. The SMILES string of the molecule is Cc1ccc(S(=O)(=O)NCCCCC(N)(CCCCB(O)O)C(=O)O)cc1. The number of hydrogen-bond acceptors (Lipinski definition) is 6. The first-order chi connectivity index (χ1) is 12.6. The molecule has 10 heteroatoms. The lowest BCUT2D eigenvalue weighted by atomic mass is 9.81. The number of carbonyl (C=O) groups is 1. The topological polar surface area (TPSA) is 150 Å². The van der Waals surface area contributed by atoms with Crippen LogP contribution in [0, 0.1) is 6.92 Å². The number of nitrogens with one attached hydrogen (secondary N) is 1. The van der Waals surface area contributed by atoms with Gasteiger partial charge in [0.15, 0.2) is 0 Å². The van der Waals surface area contributed by atoms with E-state index in [-0.39, 0.29) is 30.6 Å². The molecule has 0 aliphatic carbocycles. The highest BCUT2D eigenvalue weighted by atomic mass is 32.2. The number of hydrogen-bond donors (Lipinski definition) is 5. The van der Waals surface area contributed by atoms with E-state index in [9.17, 15) is 18.3 Å². The van der Waals surface area contributed by atoms with Crippen LogP contribution in [0.15, 0.2) is 29.2 Å². The number of aryl methyl sites for hydroxylation is 1. The summed E-state index contributed by atoms with van der Waals surface area (Å²) in [5.74, 6) is -1.10. The van der Waals surface area contributed by atoms with Crippen molar-refractivity contribution in [3.05, 3.63) is 29.8 Å². The van der Waals surface area contributed by atoms with Gasteiger partial charge in [-0.2, -0.15) is 0 Å². The highest BCUT2D eigenvalue weighted by molar-refractivity contribution is 7.89. The summed E-state index contributed by atoms with van der Waals surface area (Å²) < 4.78 is 26.8. The second kappa shape index (κ2) is 10.8. The summed E-state index contributed by atoms with van der Waals surface area (Å²) in [7, 11) is -4.98. The standard InChI is InChI=1S/C17H29BN2O6S/c1-14-6-8-15(9-7-14)27(25,26)20-13-5-3-11-17(19,16(21)22)10-2-4-12-18(23)24/h6-9,20,23-24H,2-5,10-13,19H2,1H3,(H,21,22). The fraction of sp³-hybridized carbons (Fsp3) is 0.588. The number of carboxylic acid groups (broad SMARTS) is 1. The van der Waals surface area contributed by atoms with Crippen LogP contribution in [0.1, 0.15) is 44.1 Å². The largest absolute Gasteiger partial charge is 0.480 e. The van der Waals surface area contributed by atoms with Gasteiger partial charge in [0, 0.05) is 6.54 Å². The van der Waals surface area contributed by atoms with Gasteiger partial charge in [-0.15, -0.1) is 0 Å². The summed E-state index contributed by atoms with van der Waals surface area (Å²) in [6.07, 6.45) is 2.49. The molecule has 0 saturated heterocycles. The third-order valence-electron chi connectivity index (χ3n) is 4.43. The monoisotopic (exact) mass is 400 g/mol. The Morgan fingerprint density at radius 3 is 2.19 bits per heavy atom. The van der Waals surface area contributed by atoms with Crippen LogP contribution in [0.2, 0.25) is 6.32 Å². The first-order valence-electron chi connectivity index (χ1n) is 9.01. The van der Waals surface area contributed by atoms with Gasteiger partial charge >= 0.3 is 13.1 Å². The normalized spacial score (nSPS) is 13.9. The molecule has 0 spiro atoms. The number of rotatable bonds is 13. The summed E-state index contributed by atoms with van der Waals surface area (Å²) in [4.78, 5) is 11.6. The third kappa shape index (κ3) is 8.40. The molecule has 1 aromatic rings. The van der Waals surface area contributed by atoms with Crippen molar-refractivity contribution in [3.63, 3.8) is 0 Å². The van der Waals surface area contributed by atoms with Crippen LogP contribution in [-0.2, 0) is 14.8 Å². The molecule has 0 fully saturated rings. The van der Waals surface area contributed by atoms with Crippen LogP contribution in [0.5, 0.6) is 0 Å². The molecule has 0 amide bonds. The lowest BCUT2D eigenvalue weighted by Gasteiger charge is -2.24. The highest BCUT2D eigenvalue weighted by Gasteiger charge is 2.32. The van der Waals surface area contributed by atoms with Crippen LogP contribution in [0.3, 0.4) is 0 Å². The first kappa shape index (κ1) is 23.6. The Bertz CT molecular complexity index is 696. The van der Waals surface area contributed by atoms with Crippen LogP contribution in [0.4, 0.5) is 0 Å². The molecule has 0 aliphatic heterocycles. The van der Waals surface area contributed by atoms with E-state index in [1.165, 1.54) is 12.1 Å². The molecule has 6 N–H and O–H groups in total. The van der Waals surface area contributed by atoms with Crippen molar-refractivity contribution in [2.24, 2.45) is 5.73 Å². The van der Waals surface area contributed by atoms with E-state index in [2.05, 4.69) is 4.72 Å². The van der Waals surface area contributed by atoms with Crippen molar-refractivity contribution in [1.29, 1.82) is 0 Å². The average Bonchev–Trinajstić information content (AvgIpc) is 2.58. The van der Waals surface area contributed by atoms with Crippen molar-refractivity contribution in [3.8, 4) is 0 Å². The Labute approximate surface area is 161 Å². The minimum absolute atomic E-state index is 0.177. The minimum atomic E-state index is -3.58. The van der Waals surface area contributed by atoms with Crippen LogP contribution >= 0.6 is 0 Å². The lowest BCUT2D eigenvalue weighted by Crippen LogP contribution is -2.48. The molecule has 0 aromatic heterocycles. The summed E-state index contributed by atoms with van der Waals surface area (Å²) >= 11 is 0. The van der Waals surface area contributed by atoms with Crippen molar-refractivity contribution < 1.29 is 28.4 Å². The summed E-state index contributed by atoms with van der Waals surface area (Å²) in [5.41, 5.74) is 5.54. The van der Waals surface area contributed by atoms with Gasteiger partial charge < -0.3 is 20.9 Å². The Morgan fingerprint density at radius 2 is 1.67 bits per heavy atom. The van der Waals surface area contributed by atoms with Gasteiger partial charge in [0.25, 0.3) is 0 Å². The number of sulfonamides is 1. The maximum absolute atomic E-state index is 12.2. The molecule has 0 heterocycles. The van der Waals surface area contributed by atoms with E-state index in [1.54, 1.807) is 12.1 Å². The van der Waals surface area contributed by atoms with Gasteiger partial charge in [0.1, 0.15) is 5.54 Å². The Balaban J connectivity index is 2.40. The van der Waals surface area contributed by atoms with E-state index >= 15 is 0 Å². The molecular formula is C17H29BN2O6S. The zero-order chi connectivity index (χ0) is 20.5. The second-order valence-electron chi connectivity index (χ2n) is 6.86. The summed E-state index contributed by atoms with van der Waals surface area (Å²) in [6.45, 7) is 2.07.